The van der Waals surface area contributed by atoms with Crippen LogP contribution in [0.25, 0.3) is 0 Å². The van der Waals surface area contributed by atoms with E-state index in [0.717, 1.165) is 11.0 Å². The average Bonchev–Trinajstić information content (AvgIpc) is 3.18. The zero-order valence-electron chi connectivity index (χ0n) is 20.7. The molecule has 1 unspecified atom stereocenters. The fraction of sp³-hybridized carbons (Fsp3) is 0.143. The molecule has 0 aliphatic carbocycles. The molecular formula is C28H20FN5O6. The van der Waals surface area contributed by atoms with Gasteiger partial charge < -0.3 is 15.4 Å². The summed E-state index contributed by atoms with van der Waals surface area (Å²) in [5.74, 6) is -2.69. The van der Waals surface area contributed by atoms with Crippen molar-refractivity contribution in [2.24, 2.45) is 0 Å². The first-order valence-electron chi connectivity index (χ1n) is 12.1. The number of carbonyl (C=O) groups is 5. The molecule has 0 spiro atoms. The fourth-order valence-corrected chi connectivity index (χ4v) is 4.42. The Hall–Kier alpha value is -5.57. The van der Waals surface area contributed by atoms with Gasteiger partial charge in [-0.1, -0.05) is 12.1 Å². The Labute approximate surface area is 226 Å². The zero-order chi connectivity index (χ0) is 28.4. The van der Waals surface area contributed by atoms with E-state index in [4.69, 9.17) is 10.00 Å². The summed E-state index contributed by atoms with van der Waals surface area (Å²) in [5, 5.41) is 16.6. The van der Waals surface area contributed by atoms with Crippen molar-refractivity contribution in [3.8, 4) is 17.6 Å². The highest BCUT2D eigenvalue weighted by atomic mass is 19.1. The first-order valence-corrected chi connectivity index (χ1v) is 12.1. The van der Waals surface area contributed by atoms with Gasteiger partial charge in [-0.25, -0.2) is 9.18 Å². The molecule has 2 aliphatic heterocycles. The number of benzene rings is 3. The summed E-state index contributed by atoms with van der Waals surface area (Å²) in [6, 6.07) is 14.9. The molecule has 40 heavy (non-hydrogen) atoms. The zero-order valence-corrected chi connectivity index (χ0v) is 20.7. The molecule has 11 nitrogen and oxygen atoms in total. The van der Waals surface area contributed by atoms with Crippen LogP contribution in [0.5, 0.6) is 11.5 Å². The summed E-state index contributed by atoms with van der Waals surface area (Å²) in [6.07, 6.45) is 0.0858. The van der Waals surface area contributed by atoms with Crippen LogP contribution in [0.2, 0.25) is 0 Å². The van der Waals surface area contributed by atoms with Crippen LogP contribution in [0.15, 0.2) is 60.7 Å². The highest BCUT2D eigenvalue weighted by Crippen LogP contribution is 2.29. The summed E-state index contributed by atoms with van der Waals surface area (Å²) in [6.45, 7) is 0.0384. The number of imide groups is 2. The topological polar surface area (TPSA) is 158 Å². The third-order valence-electron chi connectivity index (χ3n) is 6.38. The van der Waals surface area contributed by atoms with Crippen LogP contribution in [-0.4, -0.2) is 40.6 Å². The molecule has 0 saturated carbocycles. The summed E-state index contributed by atoms with van der Waals surface area (Å²) in [7, 11) is 0. The third-order valence-corrected chi connectivity index (χ3v) is 6.38. The maximum absolute atomic E-state index is 13.8. The Morgan fingerprint density at radius 1 is 1.05 bits per heavy atom. The number of fused-ring (bicyclic) bond motifs is 1. The van der Waals surface area contributed by atoms with Crippen molar-refractivity contribution in [2.75, 3.05) is 5.32 Å². The number of rotatable bonds is 6. The molecule has 0 aromatic heterocycles. The van der Waals surface area contributed by atoms with Crippen molar-refractivity contribution in [2.45, 2.75) is 25.4 Å². The van der Waals surface area contributed by atoms with E-state index in [1.54, 1.807) is 36.4 Å². The number of halogens is 1. The molecule has 1 fully saturated rings. The normalized spacial score (nSPS) is 16.2. The van der Waals surface area contributed by atoms with E-state index in [2.05, 4.69) is 16.0 Å². The molecule has 3 aromatic rings. The van der Waals surface area contributed by atoms with Crippen molar-refractivity contribution in [3.63, 3.8) is 0 Å². The summed E-state index contributed by atoms with van der Waals surface area (Å²) in [5.41, 5.74) is 1.02. The van der Waals surface area contributed by atoms with Crippen molar-refractivity contribution in [1.29, 1.82) is 5.26 Å². The lowest BCUT2D eigenvalue weighted by molar-refractivity contribution is -0.136. The molecule has 2 heterocycles. The van der Waals surface area contributed by atoms with Gasteiger partial charge in [-0.05, 0) is 60.5 Å². The highest BCUT2D eigenvalue weighted by molar-refractivity contribution is 6.23. The number of ether oxygens (including phenoxy) is 1. The van der Waals surface area contributed by atoms with Crippen molar-refractivity contribution < 1.29 is 33.1 Å². The van der Waals surface area contributed by atoms with Gasteiger partial charge in [-0.3, -0.25) is 29.4 Å². The molecule has 6 amide bonds. The minimum absolute atomic E-state index is 0.0268. The molecule has 12 heteroatoms. The highest BCUT2D eigenvalue weighted by Gasteiger charge is 2.44. The largest absolute Gasteiger partial charge is 0.456 e. The Morgan fingerprint density at radius 2 is 1.80 bits per heavy atom. The van der Waals surface area contributed by atoms with Crippen molar-refractivity contribution in [3.05, 3.63) is 88.7 Å². The number of piperidine rings is 1. The monoisotopic (exact) mass is 541 g/mol. The van der Waals surface area contributed by atoms with E-state index < -0.39 is 41.5 Å². The van der Waals surface area contributed by atoms with Crippen LogP contribution in [0.3, 0.4) is 0 Å². The van der Waals surface area contributed by atoms with Crippen LogP contribution < -0.4 is 20.7 Å². The van der Waals surface area contributed by atoms with E-state index in [-0.39, 0.29) is 41.8 Å². The summed E-state index contributed by atoms with van der Waals surface area (Å²) < 4.78 is 19.3. The molecule has 3 N–H and O–H groups in total. The van der Waals surface area contributed by atoms with E-state index in [1.807, 2.05) is 0 Å². The van der Waals surface area contributed by atoms with Gasteiger partial charge in [-0.2, -0.15) is 5.26 Å². The van der Waals surface area contributed by atoms with Crippen LogP contribution in [0.1, 0.15) is 44.7 Å². The van der Waals surface area contributed by atoms with Crippen LogP contribution in [0, 0.1) is 17.1 Å². The minimum atomic E-state index is -1.06. The molecule has 5 rings (SSSR count). The van der Waals surface area contributed by atoms with Gasteiger partial charge in [0.25, 0.3) is 11.8 Å². The number of amides is 6. The summed E-state index contributed by atoms with van der Waals surface area (Å²) >= 11 is 0. The molecule has 1 atom stereocenters. The Balaban J connectivity index is 1.18. The second-order valence-corrected chi connectivity index (χ2v) is 8.99. The van der Waals surface area contributed by atoms with E-state index in [0.29, 0.717) is 17.0 Å². The number of nitriles is 1. The molecule has 0 radical (unpaired) electrons. The van der Waals surface area contributed by atoms with E-state index >= 15 is 0 Å². The number of hydrogen-bond acceptors (Lipinski definition) is 7. The van der Waals surface area contributed by atoms with Gasteiger partial charge in [0.05, 0.1) is 11.1 Å². The van der Waals surface area contributed by atoms with Gasteiger partial charge in [0, 0.05) is 18.7 Å². The molecule has 0 bridgehead atoms. The SMILES string of the molecule is N#Cc1c(F)cccc1Oc1ccc(NC(=O)NCc2ccc3c(c2)C(=O)N(C2CCC(=O)NC2=O)C3=O)cc1. The van der Waals surface area contributed by atoms with Crippen LogP contribution >= 0.6 is 0 Å². The van der Waals surface area contributed by atoms with E-state index in [9.17, 15) is 28.4 Å². The summed E-state index contributed by atoms with van der Waals surface area (Å²) in [4.78, 5) is 62.7. The second-order valence-electron chi connectivity index (χ2n) is 8.99. The van der Waals surface area contributed by atoms with Gasteiger partial charge in [0.15, 0.2) is 0 Å². The quantitative estimate of drug-likeness (QED) is 0.404. The number of anilines is 1. The smallest absolute Gasteiger partial charge is 0.319 e. The van der Waals surface area contributed by atoms with Crippen molar-refractivity contribution >= 4 is 35.3 Å². The van der Waals surface area contributed by atoms with Gasteiger partial charge in [-0.15, -0.1) is 0 Å². The molecule has 1 saturated heterocycles. The minimum Gasteiger partial charge on any atom is -0.456 e. The predicted octanol–water partition coefficient (Wildman–Crippen LogP) is 3.21. The lowest BCUT2D eigenvalue weighted by Crippen LogP contribution is -2.54. The first-order chi connectivity index (χ1) is 19.2. The standard InChI is InChI=1S/C28H20FN5O6/c29-21-2-1-3-23(20(21)13-30)40-17-7-5-16(6-8-17)32-28(39)31-14-15-4-9-18-19(12-15)27(38)34(26(18)37)22-10-11-24(35)33-25(22)36/h1-9,12,22H,10-11,14H2,(H2,31,32,39)(H,33,35,36). The Kier molecular flexibility index (Phi) is 6.94. The first kappa shape index (κ1) is 26.1. The number of nitrogens with zero attached hydrogens (tertiary/aromatic N) is 2. The third kappa shape index (κ3) is 5.08. The van der Waals surface area contributed by atoms with Gasteiger partial charge >= 0.3 is 6.03 Å². The maximum Gasteiger partial charge on any atom is 0.319 e. The number of urea groups is 1. The number of nitrogens with one attached hydrogen (secondary N) is 3. The van der Waals surface area contributed by atoms with Crippen LogP contribution in [-0.2, 0) is 16.1 Å². The Morgan fingerprint density at radius 3 is 2.52 bits per heavy atom. The molecule has 2 aliphatic rings. The van der Waals surface area contributed by atoms with E-state index in [1.165, 1.54) is 24.3 Å². The number of carbonyl (C=O) groups excluding carboxylic acids is 5. The van der Waals surface area contributed by atoms with Crippen LogP contribution in [0.4, 0.5) is 14.9 Å². The Bertz CT molecular complexity index is 1610. The molecular weight excluding hydrogens is 521 g/mol. The molecule has 200 valence electrons. The predicted molar refractivity (Wildman–Crippen MR) is 137 cm³/mol. The van der Waals surface area contributed by atoms with Gasteiger partial charge in [0.1, 0.15) is 35.0 Å². The fourth-order valence-electron chi connectivity index (χ4n) is 4.42. The van der Waals surface area contributed by atoms with Gasteiger partial charge in [0.2, 0.25) is 11.8 Å². The second kappa shape index (κ2) is 10.7. The molecule has 3 aromatic carbocycles. The lowest BCUT2D eigenvalue weighted by Gasteiger charge is -2.27. The number of hydrogen-bond donors (Lipinski definition) is 3. The lowest BCUT2D eigenvalue weighted by atomic mass is 10.0. The average molecular weight is 541 g/mol. The van der Waals surface area contributed by atoms with Crippen molar-refractivity contribution in [1.82, 2.24) is 15.5 Å². The maximum atomic E-state index is 13.8.